The van der Waals surface area contributed by atoms with Gasteiger partial charge < -0.3 is 0 Å². The molecule has 1 aromatic heterocycles. The summed E-state index contributed by atoms with van der Waals surface area (Å²) in [6.07, 6.45) is 1.80. The van der Waals surface area contributed by atoms with Gasteiger partial charge in [0.2, 0.25) is 0 Å². The zero-order valence-electron chi connectivity index (χ0n) is 13.9. The van der Waals surface area contributed by atoms with E-state index < -0.39 is 17.1 Å². The maximum Gasteiger partial charge on any atom is 0.329 e. The van der Waals surface area contributed by atoms with Gasteiger partial charge in [0, 0.05) is 10.9 Å². The molecular formula is C19H17FN2O2S. The van der Waals surface area contributed by atoms with Crippen LogP contribution in [0.15, 0.2) is 49.7 Å². The smallest absolute Gasteiger partial charge is 0.290 e. The Kier molecular flexibility index (Phi) is 3.80. The number of hydrogen-bond donors (Lipinski definition) is 1. The second-order valence-corrected chi connectivity index (χ2v) is 7.57. The predicted octanol–water partition coefficient (Wildman–Crippen LogP) is 3.93. The molecule has 25 heavy (non-hydrogen) atoms. The molecule has 1 aliphatic rings. The van der Waals surface area contributed by atoms with Gasteiger partial charge in [-0.25, -0.2) is 9.18 Å². The first-order valence-electron chi connectivity index (χ1n) is 8.18. The number of aromatic amines is 1. The number of nitrogens with one attached hydrogen (secondary N) is 1. The van der Waals surface area contributed by atoms with Crippen molar-refractivity contribution in [3.8, 4) is 0 Å². The molecular weight excluding hydrogens is 339 g/mol. The monoisotopic (exact) mass is 356 g/mol. The van der Waals surface area contributed by atoms with E-state index in [2.05, 4.69) is 4.98 Å². The Bertz CT molecular complexity index is 1110. The minimum absolute atomic E-state index is 0.0906. The van der Waals surface area contributed by atoms with Crippen molar-refractivity contribution in [2.45, 2.75) is 42.5 Å². The van der Waals surface area contributed by atoms with E-state index in [1.165, 1.54) is 17.8 Å². The second kappa shape index (κ2) is 5.88. The first-order chi connectivity index (χ1) is 12.0. The molecule has 0 bridgehead atoms. The highest BCUT2D eigenvalue weighted by molar-refractivity contribution is 7.99. The van der Waals surface area contributed by atoms with Gasteiger partial charge in [-0.15, -0.1) is 0 Å². The topological polar surface area (TPSA) is 54.9 Å². The molecule has 3 aromatic rings. The van der Waals surface area contributed by atoms with Crippen LogP contribution in [-0.2, 0) is 0 Å². The fourth-order valence-electron chi connectivity index (χ4n) is 3.16. The van der Waals surface area contributed by atoms with Crippen LogP contribution in [0.25, 0.3) is 10.9 Å². The predicted molar refractivity (Wildman–Crippen MR) is 97.1 cm³/mol. The van der Waals surface area contributed by atoms with E-state index in [9.17, 15) is 14.0 Å². The molecule has 1 fully saturated rings. The van der Waals surface area contributed by atoms with Gasteiger partial charge in [0.15, 0.2) is 0 Å². The first-order valence-corrected chi connectivity index (χ1v) is 8.99. The average molecular weight is 356 g/mol. The molecule has 128 valence electrons. The van der Waals surface area contributed by atoms with Gasteiger partial charge in [0.25, 0.3) is 5.56 Å². The molecule has 0 spiro atoms. The number of halogens is 1. The van der Waals surface area contributed by atoms with Gasteiger partial charge in [-0.1, -0.05) is 29.5 Å². The van der Waals surface area contributed by atoms with Crippen LogP contribution in [0.4, 0.5) is 4.39 Å². The number of nitrogens with zero attached hydrogens (tertiary/aromatic N) is 1. The van der Waals surface area contributed by atoms with Crippen molar-refractivity contribution in [2.24, 2.45) is 0 Å². The summed E-state index contributed by atoms with van der Waals surface area (Å²) in [7, 11) is 0. The van der Waals surface area contributed by atoms with Crippen LogP contribution in [0, 0.1) is 19.7 Å². The van der Waals surface area contributed by atoms with E-state index in [4.69, 9.17) is 0 Å². The van der Waals surface area contributed by atoms with Crippen LogP contribution in [0.2, 0.25) is 0 Å². The van der Waals surface area contributed by atoms with E-state index in [1.807, 2.05) is 31.2 Å². The highest BCUT2D eigenvalue weighted by Crippen LogP contribution is 2.39. The maximum atomic E-state index is 14.7. The Morgan fingerprint density at radius 3 is 2.64 bits per heavy atom. The first kappa shape index (κ1) is 16.1. The zero-order chi connectivity index (χ0) is 17.7. The summed E-state index contributed by atoms with van der Waals surface area (Å²) >= 11 is 1.32. The second-order valence-electron chi connectivity index (χ2n) is 6.49. The van der Waals surface area contributed by atoms with E-state index in [-0.39, 0.29) is 11.4 Å². The summed E-state index contributed by atoms with van der Waals surface area (Å²) in [6.45, 7) is 3.76. The van der Waals surface area contributed by atoms with Crippen LogP contribution in [0.3, 0.4) is 0 Å². The third-order valence-electron chi connectivity index (χ3n) is 4.49. The van der Waals surface area contributed by atoms with Crippen molar-refractivity contribution in [3.05, 3.63) is 68.1 Å². The largest absolute Gasteiger partial charge is 0.329 e. The van der Waals surface area contributed by atoms with Gasteiger partial charge in [0.1, 0.15) is 5.82 Å². The minimum Gasteiger partial charge on any atom is -0.290 e. The van der Waals surface area contributed by atoms with Crippen molar-refractivity contribution in [2.75, 3.05) is 0 Å². The Balaban J connectivity index is 1.98. The van der Waals surface area contributed by atoms with Crippen molar-refractivity contribution in [1.29, 1.82) is 0 Å². The highest BCUT2D eigenvalue weighted by Gasteiger charge is 2.28. The molecule has 0 unspecified atom stereocenters. The molecule has 1 aliphatic carbocycles. The Morgan fingerprint density at radius 2 is 1.96 bits per heavy atom. The van der Waals surface area contributed by atoms with E-state index in [1.54, 1.807) is 11.5 Å². The number of fused-ring (bicyclic) bond motifs is 1. The lowest BCUT2D eigenvalue weighted by atomic mass is 10.1. The summed E-state index contributed by atoms with van der Waals surface area (Å²) in [5.41, 5.74) is 1.33. The van der Waals surface area contributed by atoms with Crippen LogP contribution in [-0.4, -0.2) is 9.55 Å². The summed E-state index contributed by atoms with van der Waals surface area (Å²) in [5.74, 6) is -0.442. The molecule has 0 saturated heterocycles. The van der Waals surface area contributed by atoms with E-state index >= 15 is 0 Å². The SMILES string of the molecule is Cc1cccc(Sc2c(F)cc3c(=O)[nH]c(=O)n(C4CC4)c3c2C)c1. The zero-order valence-corrected chi connectivity index (χ0v) is 14.7. The third-order valence-corrected chi connectivity index (χ3v) is 5.68. The van der Waals surface area contributed by atoms with Crippen LogP contribution >= 0.6 is 11.8 Å². The van der Waals surface area contributed by atoms with Crippen LogP contribution in [0.1, 0.15) is 30.0 Å². The molecule has 0 atom stereocenters. The van der Waals surface area contributed by atoms with Gasteiger partial charge in [-0.2, -0.15) is 0 Å². The fraction of sp³-hybridized carbons (Fsp3) is 0.263. The molecule has 4 nitrogen and oxygen atoms in total. The lowest BCUT2D eigenvalue weighted by molar-refractivity contribution is 0.599. The molecule has 4 rings (SSSR count). The molecule has 6 heteroatoms. The molecule has 1 saturated carbocycles. The average Bonchev–Trinajstić information content (AvgIpc) is 3.37. The van der Waals surface area contributed by atoms with Gasteiger partial charge in [-0.05, 0) is 50.5 Å². The Hall–Kier alpha value is -2.34. The summed E-state index contributed by atoms with van der Waals surface area (Å²) in [4.78, 5) is 28.2. The lowest BCUT2D eigenvalue weighted by Crippen LogP contribution is -2.30. The molecule has 2 aromatic carbocycles. The summed E-state index contributed by atoms with van der Waals surface area (Å²) in [6, 6.07) is 9.16. The number of hydrogen-bond acceptors (Lipinski definition) is 3. The summed E-state index contributed by atoms with van der Waals surface area (Å²) < 4.78 is 16.4. The van der Waals surface area contributed by atoms with Crippen molar-refractivity contribution >= 4 is 22.7 Å². The van der Waals surface area contributed by atoms with Gasteiger partial charge in [-0.3, -0.25) is 14.3 Å². The number of aryl methyl sites for hydroxylation is 2. The molecule has 1 N–H and O–H groups in total. The van der Waals surface area contributed by atoms with Gasteiger partial charge >= 0.3 is 5.69 Å². The maximum absolute atomic E-state index is 14.7. The minimum atomic E-state index is -0.536. The summed E-state index contributed by atoms with van der Waals surface area (Å²) in [5, 5.41) is 0.232. The van der Waals surface area contributed by atoms with Crippen molar-refractivity contribution in [3.63, 3.8) is 0 Å². The van der Waals surface area contributed by atoms with E-state index in [0.717, 1.165) is 23.3 Å². The number of H-pyrrole nitrogens is 1. The number of rotatable bonds is 3. The normalized spacial score (nSPS) is 14.2. The molecule has 1 heterocycles. The van der Waals surface area contributed by atoms with Crippen LogP contribution in [0.5, 0.6) is 0 Å². The van der Waals surface area contributed by atoms with Gasteiger partial charge in [0.05, 0.1) is 15.8 Å². The molecule has 0 radical (unpaired) electrons. The fourth-order valence-corrected chi connectivity index (χ4v) is 4.20. The lowest BCUT2D eigenvalue weighted by Gasteiger charge is -2.15. The third kappa shape index (κ3) is 2.80. The van der Waals surface area contributed by atoms with Crippen molar-refractivity contribution < 1.29 is 4.39 Å². The van der Waals surface area contributed by atoms with Crippen LogP contribution < -0.4 is 11.2 Å². The standard InChI is InChI=1S/C19H17FN2O2S/c1-10-4-3-5-13(8-10)25-17-11(2)16-14(9-15(17)20)18(23)21-19(24)22(16)12-6-7-12/h3-5,8-9,12H,6-7H2,1-2H3,(H,21,23,24). The Morgan fingerprint density at radius 1 is 1.20 bits per heavy atom. The molecule has 0 amide bonds. The van der Waals surface area contributed by atoms with Crippen molar-refractivity contribution in [1.82, 2.24) is 9.55 Å². The highest BCUT2D eigenvalue weighted by atomic mass is 32.2. The Labute approximate surface area is 147 Å². The number of benzene rings is 2. The molecule has 0 aliphatic heterocycles. The number of aromatic nitrogens is 2. The quantitative estimate of drug-likeness (QED) is 0.774. The van der Waals surface area contributed by atoms with E-state index in [0.29, 0.717) is 16.0 Å².